The molecule has 0 bridgehead atoms. The van der Waals surface area contributed by atoms with E-state index in [1.807, 2.05) is 22.6 Å². The Morgan fingerprint density at radius 3 is 2.44 bits per heavy atom. The number of Topliss-reactive ketones (excluding diaryl/α,β-unsaturated/α-hetero) is 1. The zero-order chi connectivity index (χ0) is 12.5. The Morgan fingerprint density at radius 2 is 2.00 bits per heavy atom. The second-order valence-corrected chi connectivity index (χ2v) is 4.79. The summed E-state index contributed by atoms with van der Waals surface area (Å²) in [6.07, 6.45) is -4.81. The van der Waals surface area contributed by atoms with Crippen molar-refractivity contribution in [3.05, 3.63) is 25.7 Å². The van der Waals surface area contributed by atoms with Crippen LogP contribution >= 0.6 is 38.5 Å². The van der Waals surface area contributed by atoms with Gasteiger partial charge in [0.25, 0.3) is 0 Å². The molecule has 0 N–H and O–H groups in total. The van der Waals surface area contributed by atoms with Crippen molar-refractivity contribution >= 4 is 44.3 Å². The van der Waals surface area contributed by atoms with E-state index in [1.165, 1.54) is 13.0 Å². The van der Waals surface area contributed by atoms with Crippen molar-refractivity contribution < 1.29 is 22.7 Å². The molecule has 0 fully saturated rings. The van der Waals surface area contributed by atoms with Crippen LogP contribution in [0, 0.1) is 3.57 Å². The molecule has 0 saturated heterocycles. The third-order valence-corrected chi connectivity index (χ3v) is 4.10. The summed E-state index contributed by atoms with van der Waals surface area (Å²) in [7, 11) is 0. The Bertz CT molecular complexity index is 431. The molecule has 0 radical (unpaired) electrons. The van der Waals surface area contributed by atoms with Crippen molar-refractivity contribution in [2.75, 3.05) is 0 Å². The topological polar surface area (TPSA) is 26.3 Å². The number of carbonyl (C=O) groups excluding carboxylic acids is 1. The summed E-state index contributed by atoms with van der Waals surface area (Å²) in [5.41, 5.74) is -0.107. The first-order chi connectivity index (χ1) is 7.22. The van der Waals surface area contributed by atoms with E-state index in [0.29, 0.717) is 8.04 Å². The van der Waals surface area contributed by atoms with Gasteiger partial charge in [-0.25, -0.2) is 0 Å². The zero-order valence-corrected chi connectivity index (χ0v) is 11.6. The molecule has 0 saturated carbocycles. The number of ether oxygens (including phenoxy) is 1. The maximum absolute atomic E-state index is 12.1. The van der Waals surface area contributed by atoms with Crippen LogP contribution in [0.1, 0.15) is 17.3 Å². The number of rotatable bonds is 2. The van der Waals surface area contributed by atoms with E-state index in [4.69, 9.17) is 0 Å². The second kappa shape index (κ2) is 4.91. The summed E-state index contributed by atoms with van der Waals surface area (Å²) >= 11 is 4.96. The predicted molar refractivity (Wildman–Crippen MR) is 63.5 cm³/mol. The molecular weight excluding hydrogens is 404 g/mol. The molecule has 0 unspecified atom stereocenters. The van der Waals surface area contributed by atoms with Crippen molar-refractivity contribution in [3.8, 4) is 5.75 Å². The van der Waals surface area contributed by atoms with E-state index >= 15 is 0 Å². The van der Waals surface area contributed by atoms with E-state index in [9.17, 15) is 18.0 Å². The van der Waals surface area contributed by atoms with Gasteiger partial charge in [0.2, 0.25) is 0 Å². The summed E-state index contributed by atoms with van der Waals surface area (Å²) < 4.78 is 40.9. The fourth-order valence-corrected chi connectivity index (χ4v) is 2.13. The normalized spacial score (nSPS) is 11.4. The van der Waals surface area contributed by atoms with Crippen molar-refractivity contribution in [2.45, 2.75) is 13.3 Å². The molecular formula is C9H5BrF3IO2. The molecule has 0 aromatic heterocycles. The molecule has 7 heteroatoms. The van der Waals surface area contributed by atoms with Gasteiger partial charge in [-0.05, 0) is 57.6 Å². The minimum Gasteiger partial charge on any atom is -0.405 e. The molecule has 2 nitrogen and oxygen atoms in total. The van der Waals surface area contributed by atoms with Gasteiger partial charge in [0.05, 0.1) is 5.56 Å². The van der Waals surface area contributed by atoms with Crippen LogP contribution in [0.2, 0.25) is 0 Å². The van der Waals surface area contributed by atoms with Gasteiger partial charge in [-0.3, -0.25) is 4.79 Å². The fourth-order valence-electron chi connectivity index (χ4n) is 1.07. The van der Waals surface area contributed by atoms with Gasteiger partial charge in [0.15, 0.2) is 5.78 Å². The monoisotopic (exact) mass is 408 g/mol. The molecule has 1 aromatic rings. The van der Waals surface area contributed by atoms with Gasteiger partial charge in [-0.15, -0.1) is 13.2 Å². The van der Waals surface area contributed by atoms with E-state index in [-0.39, 0.29) is 5.56 Å². The lowest BCUT2D eigenvalue weighted by Crippen LogP contribution is -2.19. The Hall–Kier alpha value is -0.310. The van der Waals surface area contributed by atoms with E-state index in [0.717, 1.165) is 6.07 Å². The molecule has 0 spiro atoms. The molecule has 16 heavy (non-hydrogen) atoms. The quantitative estimate of drug-likeness (QED) is 0.542. The number of benzene rings is 1. The van der Waals surface area contributed by atoms with Crippen LogP contribution in [0.15, 0.2) is 16.6 Å². The van der Waals surface area contributed by atoms with Gasteiger partial charge in [-0.1, -0.05) is 0 Å². The van der Waals surface area contributed by atoms with Crippen LogP contribution in [0.5, 0.6) is 5.75 Å². The van der Waals surface area contributed by atoms with Crippen molar-refractivity contribution in [3.63, 3.8) is 0 Å². The Labute approximate surface area is 111 Å². The van der Waals surface area contributed by atoms with Gasteiger partial charge >= 0.3 is 6.36 Å². The lowest BCUT2D eigenvalue weighted by Gasteiger charge is -2.13. The molecule has 0 heterocycles. The number of hydrogen-bond acceptors (Lipinski definition) is 2. The SMILES string of the molecule is CC(=O)c1c(OC(F)(F)F)ccc(I)c1Br. The first kappa shape index (κ1) is 13.8. The minimum atomic E-state index is -4.81. The number of carbonyl (C=O) groups is 1. The highest BCUT2D eigenvalue weighted by Gasteiger charge is 2.33. The molecule has 0 amide bonds. The number of ketones is 1. The highest BCUT2D eigenvalue weighted by atomic mass is 127. The average Bonchev–Trinajstić information content (AvgIpc) is 2.08. The standard InChI is InChI=1S/C9H5BrF3IO2/c1-4(15)7-6(16-9(11,12)13)3-2-5(14)8(7)10/h2-3H,1H3. The molecule has 1 aromatic carbocycles. The van der Waals surface area contributed by atoms with Crippen molar-refractivity contribution in [1.82, 2.24) is 0 Å². The van der Waals surface area contributed by atoms with Crippen LogP contribution in [0.25, 0.3) is 0 Å². The van der Waals surface area contributed by atoms with Crippen LogP contribution in [-0.4, -0.2) is 12.1 Å². The Morgan fingerprint density at radius 1 is 1.44 bits per heavy atom. The summed E-state index contributed by atoms with van der Waals surface area (Å²) in [6.45, 7) is 1.18. The largest absolute Gasteiger partial charge is 0.573 e. The van der Waals surface area contributed by atoms with Crippen molar-refractivity contribution in [1.29, 1.82) is 0 Å². The third-order valence-electron chi connectivity index (χ3n) is 1.63. The molecule has 1 rings (SSSR count). The zero-order valence-electron chi connectivity index (χ0n) is 7.86. The van der Waals surface area contributed by atoms with Crippen LogP contribution in [0.4, 0.5) is 13.2 Å². The summed E-state index contributed by atoms with van der Waals surface area (Å²) in [5, 5.41) is 0. The number of alkyl halides is 3. The van der Waals surface area contributed by atoms with Gasteiger partial charge < -0.3 is 4.74 Å². The number of halogens is 5. The molecule has 88 valence electrons. The number of hydrogen-bond donors (Lipinski definition) is 0. The summed E-state index contributed by atoms with van der Waals surface area (Å²) in [6, 6.07) is 2.55. The smallest absolute Gasteiger partial charge is 0.405 e. The molecule has 0 atom stereocenters. The first-order valence-electron chi connectivity index (χ1n) is 3.97. The van der Waals surface area contributed by atoms with Crippen LogP contribution < -0.4 is 4.74 Å². The third kappa shape index (κ3) is 3.34. The maximum atomic E-state index is 12.1. The summed E-state index contributed by atoms with van der Waals surface area (Å²) in [5.74, 6) is -0.989. The van der Waals surface area contributed by atoms with E-state index in [2.05, 4.69) is 20.7 Å². The van der Waals surface area contributed by atoms with Gasteiger partial charge in [0, 0.05) is 8.04 Å². The van der Waals surface area contributed by atoms with Crippen LogP contribution in [0.3, 0.4) is 0 Å². The highest BCUT2D eigenvalue weighted by molar-refractivity contribution is 14.1. The fraction of sp³-hybridized carbons (Fsp3) is 0.222. The lowest BCUT2D eigenvalue weighted by atomic mass is 10.1. The lowest BCUT2D eigenvalue weighted by molar-refractivity contribution is -0.274. The molecule has 0 aliphatic carbocycles. The highest BCUT2D eigenvalue weighted by Crippen LogP contribution is 2.34. The first-order valence-corrected chi connectivity index (χ1v) is 5.84. The molecule has 0 aliphatic rings. The second-order valence-electron chi connectivity index (χ2n) is 2.84. The molecule has 0 aliphatic heterocycles. The minimum absolute atomic E-state index is 0.107. The average molecular weight is 409 g/mol. The Balaban J connectivity index is 3.29. The summed E-state index contributed by atoms with van der Waals surface area (Å²) in [4.78, 5) is 11.2. The Kier molecular flexibility index (Phi) is 4.22. The predicted octanol–water partition coefficient (Wildman–Crippen LogP) is 4.15. The van der Waals surface area contributed by atoms with Crippen LogP contribution in [-0.2, 0) is 0 Å². The van der Waals surface area contributed by atoms with E-state index < -0.39 is 17.9 Å². The maximum Gasteiger partial charge on any atom is 0.573 e. The van der Waals surface area contributed by atoms with Crippen molar-refractivity contribution in [2.24, 2.45) is 0 Å². The van der Waals surface area contributed by atoms with Gasteiger partial charge in [-0.2, -0.15) is 0 Å². The van der Waals surface area contributed by atoms with Gasteiger partial charge in [0.1, 0.15) is 5.75 Å². The van der Waals surface area contributed by atoms with E-state index in [1.54, 1.807) is 0 Å².